The Morgan fingerprint density at radius 2 is 1.76 bits per heavy atom. The predicted molar refractivity (Wildman–Crippen MR) is 81.0 cm³/mol. The van der Waals surface area contributed by atoms with Crippen molar-refractivity contribution in [2.24, 2.45) is 5.41 Å². The summed E-state index contributed by atoms with van der Waals surface area (Å²) in [5.74, 6) is -0.936. The molecule has 1 aliphatic carbocycles. The molecule has 0 spiro atoms. The van der Waals surface area contributed by atoms with Crippen molar-refractivity contribution >= 4 is 11.9 Å². The Labute approximate surface area is 126 Å². The van der Waals surface area contributed by atoms with E-state index in [0.717, 1.165) is 51.5 Å². The molecule has 0 aromatic heterocycles. The van der Waals surface area contributed by atoms with Crippen molar-refractivity contribution < 1.29 is 14.7 Å². The Kier molecular flexibility index (Phi) is 5.25. The molecule has 1 saturated heterocycles. The first kappa shape index (κ1) is 16.3. The zero-order valence-electron chi connectivity index (χ0n) is 13.0. The average Bonchev–Trinajstić information content (AvgIpc) is 2.74. The van der Waals surface area contributed by atoms with Gasteiger partial charge in [-0.25, -0.2) is 4.79 Å². The van der Waals surface area contributed by atoms with Crippen molar-refractivity contribution in [2.45, 2.75) is 70.3 Å². The molecule has 21 heavy (non-hydrogen) atoms. The molecule has 2 fully saturated rings. The van der Waals surface area contributed by atoms with Gasteiger partial charge in [0, 0.05) is 6.54 Å². The summed E-state index contributed by atoms with van der Waals surface area (Å²) in [6, 6.07) is 0. The fourth-order valence-corrected chi connectivity index (χ4v) is 3.70. The van der Waals surface area contributed by atoms with Crippen LogP contribution in [0.2, 0.25) is 0 Å². The molecule has 5 nitrogen and oxygen atoms in total. The van der Waals surface area contributed by atoms with Crippen LogP contribution in [0.4, 0.5) is 0 Å². The van der Waals surface area contributed by atoms with Crippen LogP contribution in [0.15, 0.2) is 0 Å². The number of nitrogens with one attached hydrogen (secondary N) is 2. The van der Waals surface area contributed by atoms with Crippen LogP contribution in [0.3, 0.4) is 0 Å². The number of hydrogen-bond acceptors (Lipinski definition) is 3. The van der Waals surface area contributed by atoms with Crippen molar-refractivity contribution in [2.75, 3.05) is 13.1 Å². The second kappa shape index (κ2) is 6.77. The third kappa shape index (κ3) is 3.39. The molecule has 1 heterocycles. The highest BCUT2D eigenvalue weighted by Gasteiger charge is 2.45. The Balaban J connectivity index is 2.15. The van der Waals surface area contributed by atoms with Crippen LogP contribution >= 0.6 is 0 Å². The van der Waals surface area contributed by atoms with Crippen LogP contribution in [-0.4, -0.2) is 35.6 Å². The number of carboxylic acid groups (broad SMARTS) is 1. The third-order valence-electron chi connectivity index (χ3n) is 5.35. The predicted octanol–water partition coefficient (Wildman–Crippen LogP) is 2.06. The summed E-state index contributed by atoms with van der Waals surface area (Å²) in [5, 5.41) is 15.9. The fraction of sp³-hybridized carbons (Fsp3) is 0.875. The van der Waals surface area contributed by atoms with Gasteiger partial charge in [0.05, 0.1) is 5.41 Å². The van der Waals surface area contributed by atoms with E-state index in [2.05, 4.69) is 10.6 Å². The molecular weight excluding hydrogens is 268 g/mol. The van der Waals surface area contributed by atoms with Gasteiger partial charge in [-0.1, -0.05) is 32.6 Å². The zero-order chi connectivity index (χ0) is 15.3. The van der Waals surface area contributed by atoms with Gasteiger partial charge in [-0.3, -0.25) is 4.79 Å². The first-order valence-corrected chi connectivity index (χ1v) is 8.31. The highest BCUT2D eigenvalue weighted by molar-refractivity contribution is 5.90. The van der Waals surface area contributed by atoms with Gasteiger partial charge in [-0.05, 0) is 38.6 Å². The van der Waals surface area contributed by atoms with E-state index in [1.807, 2.05) is 6.92 Å². The molecule has 3 N–H and O–H groups in total. The largest absolute Gasteiger partial charge is 0.480 e. The zero-order valence-corrected chi connectivity index (χ0v) is 13.0. The lowest BCUT2D eigenvalue weighted by molar-refractivity contribution is -0.151. The van der Waals surface area contributed by atoms with Gasteiger partial charge in [0.25, 0.3) is 0 Å². The number of hydrogen-bond donors (Lipinski definition) is 3. The van der Waals surface area contributed by atoms with Crippen LogP contribution < -0.4 is 10.6 Å². The molecule has 1 aliphatic heterocycles. The first-order valence-electron chi connectivity index (χ1n) is 8.31. The quantitative estimate of drug-likeness (QED) is 0.694. The van der Waals surface area contributed by atoms with Gasteiger partial charge in [0.1, 0.15) is 5.54 Å². The second-order valence-corrected chi connectivity index (χ2v) is 6.67. The second-order valence-electron chi connectivity index (χ2n) is 6.67. The molecule has 0 aromatic rings. The average molecular weight is 296 g/mol. The topological polar surface area (TPSA) is 78.4 Å². The number of piperidine rings is 1. The Bertz CT molecular complexity index is 381. The number of rotatable bonds is 4. The molecule has 120 valence electrons. The van der Waals surface area contributed by atoms with Gasteiger partial charge < -0.3 is 15.7 Å². The van der Waals surface area contributed by atoms with E-state index < -0.39 is 16.9 Å². The molecule has 2 aliphatic rings. The highest BCUT2D eigenvalue weighted by atomic mass is 16.4. The van der Waals surface area contributed by atoms with E-state index in [1.54, 1.807) is 0 Å². The van der Waals surface area contributed by atoms with Crippen LogP contribution in [0.25, 0.3) is 0 Å². The van der Waals surface area contributed by atoms with Crippen molar-refractivity contribution in [3.8, 4) is 0 Å². The Hall–Kier alpha value is -1.10. The molecular formula is C16H28N2O3. The Morgan fingerprint density at radius 3 is 2.24 bits per heavy atom. The lowest BCUT2D eigenvalue weighted by Gasteiger charge is -2.39. The van der Waals surface area contributed by atoms with Crippen molar-refractivity contribution in [1.82, 2.24) is 10.6 Å². The van der Waals surface area contributed by atoms with Gasteiger partial charge in [-0.2, -0.15) is 0 Å². The maximum atomic E-state index is 12.8. The van der Waals surface area contributed by atoms with E-state index in [4.69, 9.17) is 0 Å². The summed E-state index contributed by atoms with van der Waals surface area (Å²) < 4.78 is 0. The van der Waals surface area contributed by atoms with Crippen molar-refractivity contribution in [1.29, 1.82) is 0 Å². The summed E-state index contributed by atoms with van der Waals surface area (Å²) in [6.07, 6.45) is 7.56. The molecule has 0 bridgehead atoms. The SMILES string of the molecule is CCC1(C(=O)NC2(C(=O)O)CCCCCC2)CCCNC1. The number of carbonyl (C=O) groups is 2. The van der Waals surface area contributed by atoms with E-state index in [9.17, 15) is 14.7 Å². The molecule has 1 saturated carbocycles. The lowest BCUT2D eigenvalue weighted by atomic mass is 9.76. The van der Waals surface area contributed by atoms with Crippen LogP contribution in [0.1, 0.15) is 64.7 Å². The standard InChI is InChI=1S/C16H28N2O3/c1-2-15(8-7-11-17-12-15)13(19)18-16(14(20)21)9-5-3-4-6-10-16/h17H,2-12H2,1H3,(H,18,19)(H,20,21). The monoisotopic (exact) mass is 296 g/mol. The summed E-state index contributed by atoms with van der Waals surface area (Å²) in [6.45, 7) is 3.62. The summed E-state index contributed by atoms with van der Waals surface area (Å²) in [4.78, 5) is 24.6. The molecule has 5 heteroatoms. The van der Waals surface area contributed by atoms with Crippen molar-refractivity contribution in [3.05, 3.63) is 0 Å². The molecule has 1 amide bonds. The van der Waals surface area contributed by atoms with E-state index in [1.165, 1.54) is 0 Å². The number of carbonyl (C=O) groups excluding carboxylic acids is 1. The van der Waals surface area contributed by atoms with E-state index in [0.29, 0.717) is 19.4 Å². The van der Waals surface area contributed by atoms with Gasteiger partial charge in [-0.15, -0.1) is 0 Å². The van der Waals surface area contributed by atoms with Gasteiger partial charge in [0.2, 0.25) is 5.91 Å². The molecule has 0 radical (unpaired) electrons. The third-order valence-corrected chi connectivity index (χ3v) is 5.35. The minimum Gasteiger partial charge on any atom is -0.480 e. The fourth-order valence-electron chi connectivity index (χ4n) is 3.70. The van der Waals surface area contributed by atoms with Crippen LogP contribution in [-0.2, 0) is 9.59 Å². The number of carboxylic acids is 1. The van der Waals surface area contributed by atoms with Gasteiger partial charge in [0.15, 0.2) is 0 Å². The Morgan fingerprint density at radius 1 is 1.10 bits per heavy atom. The summed E-state index contributed by atoms with van der Waals surface area (Å²) in [5.41, 5.74) is -1.49. The first-order chi connectivity index (χ1) is 10.0. The highest BCUT2D eigenvalue weighted by Crippen LogP contribution is 2.33. The summed E-state index contributed by atoms with van der Waals surface area (Å²) in [7, 11) is 0. The van der Waals surface area contributed by atoms with Gasteiger partial charge >= 0.3 is 5.97 Å². The lowest BCUT2D eigenvalue weighted by Crippen LogP contribution is -2.60. The van der Waals surface area contributed by atoms with E-state index in [-0.39, 0.29) is 5.91 Å². The van der Waals surface area contributed by atoms with Crippen molar-refractivity contribution in [3.63, 3.8) is 0 Å². The molecule has 2 rings (SSSR count). The minimum atomic E-state index is -1.05. The molecule has 1 unspecified atom stereocenters. The molecule has 1 atom stereocenters. The van der Waals surface area contributed by atoms with E-state index >= 15 is 0 Å². The number of amides is 1. The van der Waals surface area contributed by atoms with Crippen LogP contribution in [0.5, 0.6) is 0 Å². The minimum absolute atomic E-state index is 0.0681. The maximum Gasteiger partial charge on any atom is 0.329 e. The maximum absolute atomic E-state index is 12.8. The number of aliphatic carboxylic acids is 1. The van der Waals surface area contributed by atoms with Crippen LogP contribution in [0, 0.1) is 5.41 Å². The normalized spacial score (nSPS) is 29.4. The smallest absolute Gasteiger partial charge is 0.329 e. The molecule has 0 aromatic carbocycles. The summed E-state index contributed by atoms with van der Waals surface area (Å²) >= 11 is 0.